The Bertz CT molecular complexity index is 1060. The monoisotopic (exact) mass is 460 g/mol. The van der Waals surface area contributed by atoms with E-state index >= 15 is 0 Å². The molecular formula is C28H28O6. The Balaban J connectivity index is 1.48. The highest BCUT2D eigenvalue weighted by Gasteiger charge is 2.16. The number of benzene rings is 3. The first-order valence-corrected chi connectivity index (χ1v) is 11.3. The fourth-order valence-corrected chi connectivity index (χ4v) is 4.05. The van der Waals surface area contributed by atoms with E-state index in [2.05, 4.69) is 12.1 Å². The van der Waals surface area contributed by atoms with Crippen LogP contribution in [0.5, 0.6) is 11.5 Å². The van der Waals surface area contributed by atoms with Crippen molar-refractivity contribution in [2.24, 2.45) is 0 Å². The lowest BCUT2D eigenvalue weighted by atomic mass is 9.94. The highest BCUT2D eigenvalue weighted by Crippen LogP contribution is 2.34. The summed E-state index contributed by atoms with van der Waals surface area (Å²) in [4.78, 5) is 23.3. The van der Waals surface area contributed by atoms with Crippen molar-refractivity contribution in [1.82, 2.24) is 0 Å². The molecule has 0 saturated carbocycles. The molecular weight excluding hydrogens is 432 g/mol. The van der Waals surface area contributed by atoms with E-state index in [9.17, 15) is 9.59 Å². The molecule has 3 aromatic carbocycles. The van der Waals surface area contributed by atoms with Crippen molar-refractivity contribution in [2.75, 3.05) is 27.4 Å². The van der Waals surface area contributed by atoms with Crippen LogP contribution in [0.2, 0.25) is 0 Å². The minimum atomic E-state index is -0.333. The van der Waals surface area contributed by atoms with E-state index in [1.807, 2.05) is 24.3 Å². The molecule has 0 N–H and O–H groups in total. The van der Waals surface area contributed by atoms with Crippen molar-refractivity contribution in [3.05, 3.63) is 94.0 Å². The summed E-state index contributed by atoms with van der Waals surface area (Å²) in [7, 11) is 2.76. The molecule has 6 heteroatoms. The molecule has 176 valence electrons. The van der Waals surface area contributed by atoms with E-state index in [0.717, 1.165) is 48.3 Å². The van der Waals surface area contributed by atoms with Crippen LogP contribution in [0.3, 0.4) is 0 Å². The molecule has 0 atom stereocenters. The third-order valence-electron chi connectivity index (χ3n) is 5.98. The van der Waals surface area contributed by atoms with Crippen LogP contribution in [-0.4, -0.2) is 39.4 Å². The smallest absolute Gasteiger partial charge is 0.337 e. The lowest BCUT2D eigenvalue weighted by Gasteiger charge is -2.21. The molecule has 1 aliphatic rings. The van der Waals surface area contributed by atoms with Gasteiger partial charge in [-0.25, -0.2) is 9.59 Å². The number of methoxy groups -OCH3 is 2. The van der Waals surface area contributed by atoms with Crippen LogP contribution in [0, 0.1) is 0 Å². The molecule has 0 radical (unpaired) electrons. The predicted molar refractivity (Wildman–Crippen MR) is 128 cm³/mol. The maximum Gasteiger partial charge on any atom is 0.337 e. The van der Waals surface area contributed by atoms with Gasteiger partial charge in [0, 0.05) is 0 Å². The number of ether oxygens (including phenoxy) is 4. The second-order valence-corrected chi connectivity index (χ2v) is 8.14. The Kier molecular flexibility index (Phi) is 7.48. The number of carbonyl (C=O) groups excluding carboxylic acids is 2. The molecule has 0 aromatic heterocycles. The lowest BCUT2D eigenvalue weighted by Crippen LogP contribution is -2.16. The first kappa shape index (κ1) is 23.4. The quantitative estimate of drug-likeness (QED) is 0.458. The van der Waals surface area contributed by atoms with Gasteiger partial charge in [0.25, 0.3) is 0 Å². The normalized spacial score (nSPS) is 12.2. The number of rotatable bonds is 8. The summed E-state index contributed by atoms with van der Waals surface area (Å²) in [6.07, 6.45) is 3.35. The van der Waals surface area contributed by atoms with Crippen molar-refractivity contribution in [3.8, 4) is 11.5 Å². The van der Waals surface area contributed by atoms with Gasteiger partial charge in [0.15, 0.2) is 11.5 Å². The van der Waals surface area contributed by atoms with Crippen LogP contribution >= 0.6 is 0 Å². The highest BCUT2D eigenvalue weighted by molar-refractivity contribution is 5.89. The minimum Gasteiger partial charge on any atom is -0.486 e. The van der Waals surface area contributed by atoms with Gasteiger partial charge in [-0.3, -0.25) is 0 Å². The summed E-state index contributed by atoms with van der Waals surface area (Å²) in [6, 6.07) is 19.2. The van der Waals surface area contributed by atoms with Crippen LogP contribution in [0.15, 0.2) is 60.7 Å². The standard InChI is InChI=1S/C28H28O6/c1-31-27(29)21-9-3-19(4-10-21)7-13-23-17-25-26(34-16-15-33-25)18-24(23)14-8-20-5-11-22(12-6-20)28(30)32-2/h3-6,9-12,17-18H,7-8,13-16H2,1-2H3. The van der Waals surface area contributed by atoms with E-state index in [0.29, 0.717) is 24.3 Å². The van der Waals surface area contributed by atoms with Crippen molar-refractivity contribution in [2.45, 2.75) is 25.7 Å². The molecule has 1 heterocycles. The van der Waals surface area contributed by atoms with Crippen LogP contribution in [0.1, 0.15) is 43.0 Å². The average molecular weight is 461 g/mol. The van der Waals surface area contributed by atoms with E-state index in [4.69, 9.17) is 18.9 Å². The number of hydrogen-bond donors (Lipinski definition) is 0. The van der Waals surface area contributed by atoms with Gasteiger partial charge in [0.2, 0.25) is 0 Å². The second-order valence-electron chi connectivity index (χ2n) is 8.14. The summed E-state index contributed by atoms with van der Waals surface area (Å²) in [5, 5.41) is 0. The van der Waals surface area contributed by atoms with Crippen LogP contribution in [-0.2, 0) is 35.2 Å². The van der Waals surface area contributed by atoms with Gasteiger partial charge in [-0.05, 0) is 84.3 Å². The number of aryl methyl sites for hydroxylation is 4. The molecule has 6 nitrogen and oxygen atoms in total. The molecule has 0 unspecified atom stereocenters. The SMILES string of the molecule is COC(=O)c1ccc(CCc2cc3c(cc2CCc2ccc(C(=O)OC)cc2)OCCO3)cc1. The van der Waals surface area contributed by atoms with Crippen molar-refractivity contribution in [1.29, 1.82) is 0 Å². The summed E-state index contributed by atoms with van der Waals surface area (Å²) in [5.41, 5.74) is 5.81. The fourth-order valence-electron chi connectivity index (χ4n) is 4.05. The molecule has 34 heavy (non-hydrogen) atoms. The van der Waals surface area contributed by atoms with Crippen LogP contribution < -0.4 is 9.47 Å². The summed E-state index contributed by atoms with van der Waals surface area (Å²) in [6.45, 7) is 1.10. The first-order valence-electron chi connectivity index (χ1n) is 11.3. The van der Waals surface area contributed by atoms with Crippen LogP contribution in [0.4, 0.5) is 0 Å². The molecule has 0 saturated heterocycles. The maximum absolute atomic E-state index is 11.7. The first-order chi connectivity index (χ1) is 16.6. The largest absolute Gasteiger partial charge is 0.486 e. The number of hydrogen-bond acceptors (Lipinski definition) is 6. The Morgan fingerprint density at radius 1 is 0.647 bits per heavy atom. The van der Waals surface area contributed by atoms with E-state index in [1.54, 1.807) is 24.3 Å². The van der Waals surface area contributed by atoms with E-state index < -0.39 is 0 Å². The van der Waals surface area contributed by atoms with E-state index in [-0.39, 0.29) is 11.9 Å². The third kappa shape index (κ3) is 5.57. The average Bonchev–Trinajstić information content (AvgIpc) is 2.90. The molecule has 0 aliphatic carbocycles. The van der Waals surface area contributed by atoms with Gasteiger partial charge < -0.3 is 18.9 Å². The molecule has 4 rings (SSSR count). The van der Waals surface area contributed by atoms with Crippen molar-refractivity contribution < 1.29 is 28.5 Å². The van der Waals surface area contributed by atoms with Gasteiger partial charge >= 0.3 is 11.9 Å². The van der Waals surface area contributed by atoms with Gasteiger partial charge in [-0.15, -0.1) is 0 Å². The molecule has 3 aromatic rings. The highest BCUT2D eigenvalue weighted by atomic mass is 16.6. The molecule has 0 amide bonds. The van der Waals surface area contributed by atoms with Gasteiger partial charge in [-0.2, -0.15) is 0 Å². The Hall–Kier alpha value is -3.80. The minimum absolute atomic E-state index is 0.333. The van der Waals surface area contributed by atoms with Crippen molar-refractivity contribution in [3.63, 3.8) is 0 Å². The molecule has 0 fully saturated rings. The number of fused-ring (bicyclic) bond motifs is 1. The zero-order valence-electron chi connectivity index (χ0n) is 19.5. The molecule has 0 bridgehead atoms. The zero-order valence-corrected chi connectivity index (χ0v) is 19.5. The molecule has 1 aliphatic heterocycles. The van der Waals surface area contributed by atoms with Gasteiger partial charge in [0.05, 0.1) is 25.3 Å². The maximum atomic E-state index is 11.7. The second kappa shape index (κ2) is 10.9. The lowest BCUT2D eigenvalue weighted by molar-refractivity contribution is 0.0592. The van der Waals surface area contributed by atoms with Crippen LogP contribution in [0.25, 0.3) is 0 Å². The summed E-state index contributed by atoms with van der Waals surface area (Å²) < 4.78 is 21.2. The number of carbonyl (C=O) groups is 2. The van der Waals surface area contributed by atoms with Gasteiger partial charge in [0.1, 0.15) is 13.2 Å². The van der Waals surface area contributed by atoms with E-state index in [1.165, 1.54) is 25.3 Å². The Labute approximate surface area is 199 Å². The summed E-state index contributed by atoms with van der Waals surface area (Å²) in [5.74, 6) is 0.905. The van der Waals surface area contributed by atoms with Crippen molar-refractivity contribution >= 4 is 11.9 Å². The fraction of sp³-hybridized carbons (Fsp3) is 0.286. The van der Waals surface area contributed by atoms with Gasteiger partial charge in [-0.1, -0.05) is 24.3 Å². The Morgan fingerprint density at radius 2 is 1.03 bits per heavy atom. The summed E-state index contributed by atoms with van der Waals surface area (Å²) >= 11 is 0. The molecule has 0 spiro atoms. The predicted octanol–water partition coefficient (Wildman–Crippen LogP) is 4.60. The number of esters is 2. The third-order valence-corrected chi connectivity index (χ3v) is 5.98. The Morgan fingerprint density at radius 3 is 1.38 bits per heavy atom. The zero-order chi connectivity index (χ0) is 23.9. The topological polar surface area (TPSA) is 71.1 Å².